The van der Waals surface area contributed by atoms with E-state index in [9.17, 15) is 22.4 Å². The lowest BCUT2D eigenvalue weighted by Crippen LogP contribution is -2.30. The number of fused-ring (bicyclic) bond motifs is 1. The van der Waals surface area contributed by atoms with Gasteiger partial charge in [0.05, 0.1) is 4.90 Å². The Bertz CT molecular complexity index is 1970. The van der Waals surface area contributed by atoms with Crippen LogP contribution in [0.2, 0.25) is 10.0 Å². The molecule has 13 heteroatoms. The molecule has 0 aliphatic rings. The van der Waals surface area contributed by atoms with Gasteiger partial charge in [0.15, 0.2) is 5.65 Å². The van der Waals surface area contributed by atoms with E-state index in [-0.39, 0.29) is 38.2 Å². The number of aryl methyl sites for hydroxylation is 1. The lowest BCUT2D eigenvalue weighted by Gasteiger charge is -2.17. The first-order valence-electron chi connectivity index (χ1n) is 13.1. The fraction of sp³-hybridized carbons (Fsp3) is 0.207. The third-order valence-electron chi connectivity index (χ3n) is 6.81. The van der Waals surface area contributed by atoms with Gasteiger partial charge in [0.25, 0.3) is 15.6 Å². The summed E-state index contributed by atoms with van der Waals surface area (Å²) in [7, 11) is -3.99. The van der Waals surface area contributed by atoms with Crippen LogP contribution in [0.25, 0.3) is 11.2 Å². The van der Waals surface area contributed by atoms with Gasteiger partial charge in [-0.1, -0.05) is 66.9 Å². The Morgan fingerprint density at radius 3 is 2.36 bits per heavy atom. The van der Waals surface area contributed by atoms with E-state index in [1.807, 2.05) is 6.92 Å². The number of H-pyrrole nitrogens is 2. The number of unbranched alkanes of at least 4 members (excludes halogenated alkanes) is 1. The van der Waals surface area contributed by atoms with Crippen molar-refractivity contribution in [2.24, 2.45) is 0 Å². The fourth-order valence-corrected chi connectivity index (χ4v) is 6.47. The predicted molar refractivity (Wildman–Crippen MR) is 162 cm³/mol. The molecule has 2 heterocycles. The molecule has 3 aromatic carbocycles. The van der Waals surface area contributed by atoms with Crippen molar-refractivity contribution in [2.45, 2.75) is 43.5 Å². The molecule has 0 radical (unpaired) electrons. The average Bonchev–Trinajstić information content (AvgIpc) is 3.38. The van der Waals surface area contributed by atoms with Crippen molar-refractivity contribution in [1.29, 1.82) is 0 Å². The maximum Gasteiger partial charge on any atom is 0.330 e. The van der Waals surface area contributed by atoms with Crippen LogP contribution in [0.4, 0.5) is 10.1 Å². The maximum absolute atomic E-state index is 14.7. The number of rotatable bonds is 10. The number of hydrogen-bond acceptors (Lipinski definition) is 5. The number of nitrogens with zero attached hydrogens (tertiary/aromatic N) is 2. The lowest BCUT2D eigenvalue weighted by molar-refractivity contribution is 0.597. The first kappa shape index (κ1) is 29.6. The minimum Gasteiger partial charge on any atom is -0.336 e. The smallest absolute Gasteiger partial charge is 0.330 e. The van der Waals surface area contributed by atoms with E-state index >= 15 is 0 Å². The Morgan fingerprint density at radius 1 is 1.00 bits per heavy atom. The number of nitrogens with one attached hydrogen (secondary N) is 3. The van der Waals surface area contributed by atoms with Crippen LogP contribution in [0, 0.1) is 5.82 Å². The number of sulfonamides is 1. The third kappa shape index (κ3) is 6.28. The van der Waals surface area contributed by atoms with Crippen molar-refractivity contribution in [1.82, 2.24) is 19.5 Å². The summed E-state index contributed by atoms with van der Waals surface area (Å²) in [5.41, 5.74) is 0.570. The highest BCUT2D eigenvalue weighted by Crippen LogP contribution is 2.30. The number of halogens is 3. The number of anilines is 1. The zero-order chi connectivity index (χ0) is 30.0. The molecule has 0 spiro atoms. The molecular formula is C29H26Cl2FN5O4S. The summed E-state index contributed by atoms with van der Waals surface area (Å²) in [6, 6.07) is 16.9. The fourth-order valence-electron chi connectivity index (χ4n) is 4.69. The third-order valence-corrected chi connectivity index (χ3v) is 8.61. The topological polar surface area (TPSA) is 130 Å². The van der Waals surface area contributed by atoms with E-state index in [0.29, 0.717) is 29.9 Å². The molecule has 1 atom stereocenters. The number of imidazole rings is 1. The van der Waals surface area contributed by atoms with Gasteiger partial charge in [-0.25, -0.2) is 22.6 Å². The Balaban J connectivity index is 1.54. The molecule has 0 amide bonds. The first-order valence-corrected chi connectivity index (χ1v) is 15.3. The summed E-state index contributed by atoms with van der Waals surface area (Å²) >= 11 is 12.0. The number of benzene rings is 3. The van der Waals surface area contributed by atoms with E-state index in [0.717, 1.165) is 6.42 Å². The second-order valence-corrected chi connectivity index (χ2v) is 12.3. The van der Waals surface area contributed by atoms with Gasteiger partial charge in [-0.2, -0.15) is 0 Å². The van der Waals surface area contributed by atoms with Crippen molar-refractivity contribution >= 4 is 50.1 Å². The molecule has 0 aliphatic heterocycles. The van der Waals surface area contributed by atoms with E-state index in [4.69, 9.17) is 23.2 Å². The molecule has 1 unspecified atom stereocenters. The van der Waals surface area contributed by atoms with Crippen LogP contribution < -0.4 is 16.0 Å². The minimum atomic E-state index is -3.99. The molecule has 9 nitrogen and oxygen atoms in total. The van der Waals surface area contributed by atoms with Gasteiger partial charge in [-0.05, 0) is 60.4 Å². The van der Waals surface area contributed by atoms with Gasteiger partial charge in [0.2, 0.25) is 0 Å². The SMILES string of the molecule is CCCCn1c(=O)[nH]c(=O)c2[nH]c(C(Cc3ccccc3F)c3ccc(NS(=O)(=O)c4cc(Cl)cc(Cl)c4)cc3)nc21. The van der Waals surface area contributed by atoms with Crippen LogP contribution in [0.1, 0.15) is 42.6 Å². The molecule has 0 saturated heterocycles. The molecule has 5 aromatic rings. The summed E-state index contributed by atoms with van der Waals surface area (Å²) in [4.78, 5) is 35.2. The van der Waals surface area contributed by atoms with Crippen LogP contribution in [0.15, 0.2) is 81.2 Å². The van der Waals surface area contributed by atoms with Crippen LogP contribution >= 0.6 is 23.2 Å². The monoisotopic (exact) mass is 629 g/mol. The molecule has 0 aliphatic carbocycles. The highest BCUT2D eigenvalue weighted by Gasteiger charge is 2.23. The molecule has 0 fully saturated rings. The summed E-state index contributed by atoms with van der Waals surface area (Å²) < 4.78 is 44.6. The lowest BCUT2D eigenvalue weighted by atomic mass is 9.91. The van der Waals surface area contributed by atoms with Crippen molar-refractivity contribution < 1.29 is 12.8 Å². The van der Waals surface area contributed by atoms with Gasteiger partial charge in [0, 0.05) is 28.2 Å². The molecule has 0 bridgehead atoms. The molecule has 42 heavy (non-hydrogen) atoms. The molecule has 3 N–H and O–H groups in total. The van der Waals surface area contributed by atoms with Gasteiger partial charge in [-0.15, -0.1) is 0 Å². The first-order chi connectivity index (χ1) is 20.1. The summed E-state index contributed by atoms with van der Waals surface area (Å²) in [6.45, 7) is 2.36. The van der Waals surface area contributed by atoms with Crippen molar-refractivity contribution in [3.63, 3.8) is 0 Å². The standard InChI is InChI=1S/C29H26Cl2FN5O4S/c1-2-3-12-37-27-25(28(38)35-29(37)39)33-26(34-27)23(13-18-6-4-5-7-24(18)32)17-8-10-21(11-9-17)36-42(40,41)22-15-19(30)14-20(31)16-22/h4-11,14-16,23,36H,2-3,12-13H2,1H3,(H,33,34)(H,35,38,39). The Hall–Kier alpha value is -3.93. The van der Waals surface area contributed by atoms with E-state index in [1.165, 1.54) is 28.8 Å². The molecule has 0 saturated carbocycles. The van der Waals surface area contributed by atoms with E-state index in [1.54, 1.807) is 42.5 Å². The van der Waals surface area contributed by atoms with Crippen molar-refractivity contribution in [2.75, 3.05) is 4.72 Å². The molecule has 2 aromatic heterocycles. The van der Waals surface area contributed by atoms with Crippen LogP contribution in [-0.2, 0) is 23.0 Å². The molecule has 5 rings (SSSR count). The quantitative estimate of drug-likeness (QED) is 0.179. The number of hydrogen-bond donors (Lipinski definition) is 3. The second kappa shape index (κ2) is 12.1. The summed E-state index contributed by atoms with van der Waals surface area (Å²) in [5, 5.41) is 0.359. The summed E-state index contributed by atoms with van der Waals surface area (Å²) in [5.74, 6) is -0.613. The summed E-state index contributed by atoms with van der Waals surface area (Å²) in [6.07, 6.45) is 1.72. The number of aromatic nitrogens is 4. The van der Waals surface area contributed by atoms with Gasteiger partial charge >= 0.3 is 5.69 Å². The second-order valence-electron chi connectivity index (χ2n) is 9.77. The van der Waals surface area contributed by atoms with Crippen LogP contribution in [0.5, 0.6) is 0 Å². The average molecular weight is 631 g/mol. The number of aromatic amines is 2. The Labute approximate surface area is 250 Å². The predicted octanol–water partition coefficient (Wildman–Crippen LogP) is 5.83. The van der Waals surface area contributed by atoms with E-state index < -0.39 is 33.0 Å². The Kier molecular flexibility index (Phi) is 8.53. The van der Waals surface area contributed by atoms with Crippen LogP contribution in [-0.4, -0.2) is 27.9 Å². The van der Waals surface area contributed by atoms with Crippen molar-refractivity contribution in [3.8, 4) is 0 Å². The van der Waals surface area contributed by atoms with Crippen LogP contribution in [0.3, 0.4) is 0 Å². The van der Waals surface area contributed by atoms with Gasteiger partial charge in [-0.3, -0.25) is 19.1 Å². The zero-order valence-corrected chi connectivity index (χ0v) is 24.7. The van der Waals surface area contributed by atoms with Gasteiger partial charge in [0.1, 0.15) is 17.2 Å². The van der Waals surface area contributed by atoms with Gasteiger partial charge < -0.3 is 4.98 Å². The molecular weight excluding hydrogens is 604 g/mol. The normalized spacial score (nSPS) is 12.5. The molecule has 218 valence electrons. The van der Waals surface area contributed by atoms with Crippen molar-refractivity contribution in [3.05, 3.63) is 120 Å². The zero-order valence-electron chi connectivity index (χ0n) is 22.3. The highest BCUT2D eigenvalue weighted by molar-refractivity contribution is 7.92. The Morgan fingerprint density at radius 2 is 1.69 bits per heavy atom. The minimum absolute atomic E-state index is 0.0943. The highest BCUT2D eigenvalue weighted by atomic mass is 35.5. The van der Waals surface area contributed by atoms with E-state index in [2.05, 4.69) is 19.7 Å². The largest absolute Gasteiger partial charge is 0.336 e. The maximum atomic E-state index is 14.7.